The van der Waals surface area contributed by atoms with Gasteiger partial charge in [-0.2, -0.15) is 0 Å². The first kappa shape index (κ1) is 18.9. The maximum absolute atomic E-state index is 12.9. The Morgan fingerprint density at radius 3 is 2.37 bits per heavy atom. The van der Waals surface area contributed by atoms with Gasteiger partial charge in [-0.05, 0) is 24.6 Å². The highest BCUT2D eigenvalue weighted by Crippen LogP contribution is 2.39. The van der Waals surface area contributed by atoms with Crippen molar-refractivity contribution in [2.24, 2.45) is 20.0 Å². The van der Waals surface area contributed by atoms with Gasteiger partial charge in [0, 0.05) is 25.0 Å². The van der Waals surface area contributed by atoms with Crippen LogP contribution in [0.2, 0.25) is 5.02 Å². The minimum absolute atomic E-state index is 0.0774. The number of ether oxygens (including phenoxy) is 1. The third kappa shape index (κ3) is 3.06. The number of carbonyl (C=O) groups is 2. The summed E-state index contributed by atoms with van der Waals surface area (Å²) in [6.07, 6.45) is 0. The lowest BCUT2D eigenvalue weighted by Crippen LogP contribution is -2.49. The molecule has 1 N–H and O–H groups in total. The van der Waals surface area contributed by atoms with Crippen LogP contribution in [0.25, 0.3) is 0 Å². The van der Waals surface area contributed by atoms with E-state index in [1.165, 1.54) is 18.7 Å². The number of fused-ring (bicyclic) bond motifs is 1. The van der Waals surface area contributed by atoms with E-state index in [0.717, 1.165) is 4.57 Å². The van der Waals surface area contributed by atoms with E-state index < -0.39 is 35.0 Å². The van der Waals surface area contributed by atoms with E-state index in [9.17, 15) is 19.2 Å². The van der Waals surface area contributed by atoms with Gasteiger partial charge < -0.3 is 10.1 Å². The SMILES string of the molecule is CCOC(=O)[C@H]1C(=O)Nc2c(c(=O)n(C)c(=O)n2C)[C@H]1c1ccc(Cl)cc1. The highest BCUT2D eigenvalue weighted by Gasteiger charge is 2.45. The van der Waals surface area contributed by atoms with E-state index in [4.69, 9.17) is 16.3 Å². The normalized spacial score (nSPS) is 18.6. The molecule has 0 radical (unpaired) electrons. The van der Waals surface area contributed by atoms with Crippen LogP contribution in [0.15, 0.2) is 33.9 Å². The summed E-state index contributed by atoms with van der Waals surface area (Å²) in [5, 5.41) is 2.99. The fourth-order valence-electron chi connectivity index (χ4n) is 3.32. The lowest BCUT2D eigenvalue weighted by Gasteiger charge is -2.32. The smallest absolute Gasteiger partial charge is 0.332 e. The second-order valence-corrected chi connectivity index (χ2v) is 6.65. The van der Waals surface area contributed by atoms with Gasteiger partial charge in [-0.25, -0.2) is 4.79 Å². The number of amides is 1. The molecule has 8 nitrogen and oxygen atoms in total. The molecule has 0 saturated heterocycles. The van der Waals surface area contributed by atoms with Crippen LogP contribution in [-0.4, -0.2) is 27.6 Å². The molecule has 0 fully saturated rings. The van der Waals surface area contributed by atoms with Crippen LogP contribution in [0, 0.1) is 5.92 Å². The van der Waals surface area contributed by atoms with Gasteiger partial charge in [0.25, 0.3) is 5.56 Å². The van der Waals surface area contributed by atoms with Gasteiger partial charge in [-0.3, -0.25) is 23.5 Å². The predicted molar refractivity (Wildman–Crippen MR) is 99.0 cm³/mol. The Balaban J connectivity index is 2.34. The number of halogens is 1. The number of nitrogens with zero attached hydrogens (tertiary/aromatic N) is 2. The quantitative estimate of drug-likeness (QED) is 0.621. The Hall–Kier alpha value is -2.87. The minimum Gasteiger partial charge on any atom is -0.465 e. The average molecular weight is 392 g/mol. The molecule has 0 aliphatic carbocycles. The van der Waals surface area contributed by atoms with Gasteiger partial charge in [0.05, 0.1) is 12.2 Å². The lowest BCUT2D eigenvalue weighted by molar-refractivity contribution is -0.151. The average Bonchev–Trinajstić information content (AvgIpc) is 2.64. The van der Waals surface area contributed by atoms with E-state index in [2.05, 4.69) is 5.32 Å². The van der Waals surface area contributed by atoms with Gasteiger partial charge in [-0.15, -0.1) is 0 Å². The van der Waals surface area contributed by atoms with Gasteiger partial charge in [-0.1, -0.05) is 23.7 Å². The van der Waals surface area contributed by atoms with E-state index in [1.807, 2.05) is 0 Å². The third-order valence-corrected chi connectivity index (χ3v) is 4.89. The van der Waals surface area contributed by atoms with E-state index in [0.29, 0.717) is 10.6 Å². The molecule has 3 rings (SSSR count). The van der Waals surface area contributed by atoms with Gasteiger partial charge in [0.1, 0.15) is 11.7 Å². The summed E-state index contributed by atoms with van der Waals surface area (Å²) >= 11 is 5.95. The first-order valence-corrected chi connectivity index (χ1v) is 8.68. The fourth-order valence-corrected chi connectivity index (χ4v) is 3.44. The number of rotatable bonds is 3. The molecule has 1 aliphatic heterocycles. The largest absolute Gasteiger partial charge is 0.465 e. The first-order chi connectivity index (χ1) is 12.8. The Morgan fingerprint density at radius 1 is 1.15 bits per heavy atom. The van der Waals surface area contributed by atoms with Gasteiger partial charge in [0.15, 0.2) is 0 Å². The Morgan fingerprint density at radius 2 is 1.78 bits per heavy atom. The number of hydrogen-bond donors (Lipinski definition) is 1. The predicted octanol–water partition coefficient (Wildman–Crippen LogP) is 1.00. The molecule has 1 aliphatic rings. The summed E-state index contributed by atoms with van der Waals surface area (Å²) in [6.45, 7) is 1.72. The molecule has 0 saturated carbocycles. The van der Waals surface area contributed by atoms with Crippen molar-refractivity contribution in [1.29, 1.82) is 0 Å². The highest BCUT2D eigenvalue weighted by atomic mass is 35.5. The summed E-state index contributed by atoms with van der Waals surface area (Å²) in [7, 11) is 2.80. The molecule has 1 aromatic heterocycles. The summed E-state index contributed by atoms with van der Waals surface area (Å²) in [5.41, 5.74) is -0.463. The minimum atomic E-state index is -1.26. The van der Waals surface area contributed by atoms with Gasteiger partial charge >= 0.3 is 11.7 Å². The number of aromatic nitrogens is 2. The summed E-state index contributed by atoms with van der Waals surface area (Å²) in [5.74, 6) is -3.46. The molecule has 9 heteroatoms. The van der Waals surface area contributed by atoms with Crippen LogP contribution in [0.3, 0.4) is 0 Å². The van der Waals surface area contributed by atoms with Crippen molar-refractivity contribution in [2.45, 2.75) is 12.8 Å². The number of esters is 1. The summed E-state index contributed by atoms with van der Waals surface area (Å²) in [4.78, 5) is 50.4. The highest BCUT2D eigenvalue weighted by molar-refractivity contribution is 6.30. The number of hydrogen-bond acceptors (Lipinski definition) is 5. The van der Waals surface area contributed by atoms with Crippen LogP contribution in [0.5, 0.6) is 0 Å². The van der Waals surface area contributed by atoms with Gasteiger partial charge in [0.2, 0.25) is 5.91 Å². The van der Waals surface area contributed by atoms with E-state index in [1.54, 1.807) is 31.2 Å². The zero-order valence-electron chi connectivity index (χ0n) is 15.0. The molecule has 2 aromatic rings. The van der Waals surface area contributed by atoms with Crippen LogP contribution in [0.1, 0.15) is 24.0 Å². The van der Waals surface area contributed by atoms with Crippen molar-refractivity contribution < 1.29 is 14.3 Å². The molecule has 2 atom stereocenters. The fraction of sp³-hybridized carbons (Fsp3) is 0.333. The zero-order valence-corrected chi connectivity index (χ0v) is 15.7. The molecule has 27 heavy (non-hydrogen) atoms. The maximum Gasteiger partial charge on any atom is 0.332 e. The number of anilines is 1. The van der Waals surface area contributed by atoms with Crippen LogP contribution in [0.4, 0.5) is 5.82 Å². The van der Waals surface area contributed by atoms with Crippen LogP contribution >= 0.6 is 11.6 Å². The molecular formula is C18H18ClN3O5. The molecule has 2 heterocycles. The summed E-state index contributed by atoms with van der Waals surface area (Å²) < 4.78 is 7.19. The van der Waals surface area contributed by atoms with E-state index >= 15 is 0 Å². The Kier molecular flexibility index (Phi) is 4.93. The third-order valence-electron chi connectivity index (χ3n) is 4.64. The van der Waals surface area contributed by atoms with Crippen LogP contribution in [-0.2, 0) is 28.4 Å². The van der Waals surface area contributed by atoms with Crippen molar-refractivity contribution in [3.05, 3.63) is 61.3 Å². The molecular weight excluding hydrogens is 374 g/mol. The molecule has 1 amide bonds. The van der Waals surface area contributed by atoms with E-state index in [-0.39, 0.29) is 18.0 Å². The Bertz CT molecular complexity index is 1040. The van der Waals surface area contributed by atoms with Crippen molar-refractivity contribution >= 4 is 29.3 Å². The summed E-state index contributed by atoms with van der Waals surface area (Å²) in [6, 6.07) is 6.51. The maximum atomic E-state index is 12.9. The Labute approximate surface area is 159 Å². The monoisotopic (exact) mass is 391 g/mol. The van der Waals surface area contributed by atoms with Crippen LogP contribution < -0.4 is 16.6 Å². The number of nitrogens with one attached hydrogen (secondary N) is 1. The molecule has 1 aromatic carbocycles. The molecule has 0 bridgehead atoms. The topological polar surface area (TPSA) is 99.4 Å². The van der Waals surface area contributed by atoms with Crippen molar-refractivity contribution in [2.75, 3.05) is 11.9 Å². The first-order valence-electron chi connectivity index (χ1n) is 8.30. The zero-order chi connectivity index (χ0) is 19.9. The number of benzene rings is 1. The van der Waals surface area contributed by atoms with Crippen molar-refractivity contribution in [3.8, 4) is 0 Å². The standard InChI is InChI=1S/C18H18ClN3O5/c1-4-27-17(25)13-11(9-5-7-10(19)8-6-9)12-14(20-15(13)23)21(2)18(26)22(3)16(12)24/h5-8,11,13H,4H2,1-3H3,(H,20,23)/t11-,13-/m1/s1. The van der Waals surface area contributed by atoms with Crippen molar-refractivity contribution in [1.82, 2.24) is 9.13 Å². The molecule has 0 spiro atoms. The molecule has 142 valence electrons. The second-order valence-electron chi connectivity index (χ2n) is 6.22. The number of carbonyl (C=O) groups excluding carboxylic acids is 2. The molecule has 0 unspecified atom stereocenters. The van der Waals surface area contributed by atoms with Crippen molar-refractivity contribution in [3.63, 3.8) is 0 Å². The second kappa shape index (κ2) is 7.03. The lowest BCUT2D eigenvalue weighted by atomic mass is 9.78.